The highest BCUT2D eigenvalue weighted by Crippen LogP contribution is 2.34. The van der Waals surface area contributed by atoms with E-state index in [4.69, 9.17) is 4.74 Å². The Hall–Kier alpha value is -0.860. The van der Waals surface area contributed by atoms with Crippen LogP contribution in [0.1, 0.15) is 40.5 Å². The molecule has 0 N–H and O–H groups in total. The van der Waals surface area contributed by atoms with Crippen molar-refractivity contribution in [1.29, 1.82) is 0 Å². The van der Waals surface area contributed by atoms with Gasteiger partial charge in [0, 0.05) is 12.8 Å². The normalized spacial score (nSPS) is 30.6. The van der Waals surface area contributed by atoms with Gasteiger partial charge in [-0.15, -0.1) is 0 Å². The fraction of sp³-hybridized carbons (Fsp3) is 0.846. The average Bonchev–Trinajstić information content (AvgIpc) is 2.16. The summed E-state index contributed by atoms with van der Waals surface area (Å²) in [7, 11) is 0. The molecule has 1 saturated carbocycles. The third-order valence-electron chi connectivity index (χ3n) is 3.62. The van der Waals surface area contributed by atoms with E-state index >= 15 is 0 Å². The van der Waals surface area contributed by atoms with Crippen molar-refractivity contribution in [2.45, 2.75) is 40.5 Å². The van der Waals surface area contributed by atoms with Crippen LogP contribution in [-0.4, -0.2) is 18.4 Å². The summed E-state index contributed by atoms with van der Waals surface area (Å²) in [6.07, 6.45) is 2.04. The summed E-state index contributed by atoms with van der Waals surface area (Å²) in [6, 6.07) is 0. The molecule has 0 unspecified atom stereocenters. The molecule has 92 valence electrons. The third-order valence-corrected chi connectivity index (χ3v) is 3.62. The molecule has 0 aromatic rings. The number of carbonyl (C=O) groups is 2. The van der Waals surface area contributed by atoms with Gasteiger partial charge in [-0.2, -0.15) is 0 Å². The molecule has 1 rings (SSSR count). The van der Waals surface area contributed by atoms with Crippen LogP contribution in [0, 0.1) is 23.7 Å². The van der Waals surface area contributed by atoms with Gasteiger partial charge in [0.25, 0.3) is 0 Å². The van der Waals surface area contributed by atoms with Crippen LogP contribution in [-0.2, 0) is 14.3 Å². The van der Waals surface area contributed by atoms with Gasteiger partial charge in [-0.1, -0.05) is 20.8 Å². The lowest BCUT2D eigenvalue weighted by Gasteiger charge is -2.34. The monoisotopic (exact) mass is 226 g/mol. The van der Waals surface area contributed by atoms with E-state index in [-0.39, 0.29) is 30.2 Å². The lowest BCUT2D eigenvalue weighted by molar-refractivity contribution is -0.147. The second-order valence-electron chi connectivity index (χ2n) is 5.22. The fourth-order valence-corrected chi connectivity index (χ4v) is 2.46. The van der Waals surface area contributed by atoms with Crippen molar-refractivity contribution in [1.82, 2.24) is 0 Å². The molecular formula is C13H22O3. The second kappa shape index (κ2) is 5.46. The number of carbonyl (C=O) groups excluding carboxylic acids is 2. The Balaban J connectivity index is 2.64. The summed E-state index contributed by atoms with van der Waals surface area (Å²) >= 11 is 0. The Kier molecular flexibility index (Phi) is 4.51. The molecule has 0 spiro atoms. The summed E-state index contributed by atoms with van der Waals surface area (Å²) < 4.78 is 4.99. The molecule has 0 amide bonds. The number of esters is 1. The molecular weight excluding hydrogens is 204 g/mol. The van der Waals surface area contributed by atoms with Crippen molar-refractivity contribution in [2.75, 3.05) is 6.61 Å². The Morgan fingerprint density at radius 3 is 2.56 bits per heavy atom. The molecule has 3 heteroatoms. The summed E-state index contributed by atoms with van der Waals surface area (Å²) in [4.78, 5) is 23.0. The predicted octanol–water partition coefficient (Wildman–Crippen LogP) is 2.44. The van der Waals surface area contributed by atoms with E-state index in [0.29, 0.717) is 11.8 Å². The van der Waals surface area contributed by atoms with Crippen LogP contribution in [0.5, 0.6) is 0 Å². The number of ketones is 1. The lowest BCUT2D eigenvalue weighted by atomic mass is 9.70. The van der Waals surface area contributed by atoms with Gasteiger partial charge in [0.05, 0.1) is 5.92 Å². The molecule has 0 aromatic carbocycles. The van der Waals surface area contributed by atoms with E-state index in [2.05, 4.69) is 20.8 Å². The van der Waals surface area contributed by atoms with Crippen LogP contribution in [0.25, 0.3) is 0 Å². The molecule has 1 fully saturated rings. The van der Waals surface area contributed by atoms with Gasteiger partial charge in [0.15, 0.2) is 0 Å². The molecule has 16 heavy (non-hydrogen) atoms. The summed E-state index contributed by atoms with van der Waals surface area (Å²) in [5.74, 6) is 0.769. The van der Waals surface area contributed by atoms with E-state index in [1.165, 1.54) is 6.92 Å². The highest BCUT2D eigenvalue weighted by molar-refractivity contribution is 5.85. The second-order valence-corrected chi connectivity index (χ2v) is 5.22. The van der Waals surface area contributed by atoms with Crippen molar-refractivity contribution in [2.24, 2.45) is 23.7 Å². The molecule has 0 aliphatic heterocycles. The maximum atomic E-state index is 12.2. The zero-order chi connectivity index (χ0) is 12.3. The van der Waals surface area contributed by atoms with Gasteiger partial charge < -0.3 is 4.74 Å². The van der Waals surface area contributed by atoms with Gasteiger partial charge in [0.1, 0.15) is 12.4 Å². The molecule has 1 aliphatic carbocycles. The summed E-state index contributed by atoms with van der Waals surface area (Å²) in [5, 5.41) is 0. The molecule has 0 heterocycles. The van der Waals surface area contributed by atoms with Crippen LogP contribution in [0.15, 0.2) is 0 Å². The standard InChI is InChI=1S/C13H22O3/c1-8(2)11-6-5-9(3)12(13(11)15)7-16-10(4)14/h8-9,11-12H,5-7H2,1-4H3/t9-,11-,12+/m0/s1. The lowest BCUT2D eigenvalue weighted by Crippen LogP contribution is -2.39. The maximum Gasteiger partial charge on any atom is 0.302 e. The van der Waals surface area contributed by atoms with Gasteiger partial charge >= 0.3 is 5.97 Å². The van der Waals surface area contributed by atoms with E-state index in [0.717, 1.165) is 12.8 Å². The Morgan fingerprint density at radius 1 is 1.44 bits per heavy atom. The van der Waals surface area contributed by atoms with Gasteiger partial charge in [0.2, 0.25) is 0 Å². The predicted molar refractivity (Wildman–Crippen MR) is 61.9 cm³/mol. The Morgan fingerprint density at radius 2 is 2.06 bits per heavy atom. The Labute approximate surface area is 97.5 Å². The fourth-order valence-electron chi connectivity index (χ4n) is 2.46. The number of hydrogen-bond donors (Lipinski definition) is 0. The van der Waals surface area contributed by atoms with E-state index in [1.807, 2.05) is 0 Å². The summed E-state index contributed by atoms with van der Waals surface area (Å²) in [6.45, 7) is 7.89. The van der Waals surface area contributed by atoms with Crippen LogP contribution in [0.3, 0.4) is 0 Å². The van der Waals surface area contributed by atoms with Crippen LogP contribution < -0.4 is 0 Å². The molecule has 1 aliphatic rings. The first kappa shape index (κ1) is 13.2. The maximum absolute atomic E-state index is 12.2. The minimum atomic E-state index is -0.299. The summed E-state index contributed by atoms with van der Waals surface area (Å²) in [5.41, 5.74) is 0. The van der Waals surface area contributed by atoms with Crippen molar-refractivity contribution < 1.29 is 14.3 Å². The zero-order valence-electron chi connectivity index (χ0n) is 10.7. The third kappa shape index (κ3) is 3.06. The SMILES string of the molecule is CC(=O)OC[C@H]1C(=O)[C@H](C(C)C)CC[C@@H]1C. The van der Waals surface area contributed by atoms with Crippen molar-refractivity contribution in [3.05, 3.63) is 0 Å². The minimum absolute atomic E-state index is 0.0925. The molecule has 0 bridgehead atoms. The molecule has 0 aromatic heterocycles. The first-order chi connectivity index (χ1) is 7.43. The van der Waals surface area contributed by atoms with Crippen molar-refractivity contribution >= 4 is 11.8 Å². The number of rotatable bonds is 3. The minimum Gasteiger partial charge on any atom is -0.465 e. The van der Waals surface area contributed by atoms with Crippen molar-refractivity contribution in [3.63, 3.8) is 0 Å². The number of hydrogen-bond acceptors (Lipinski definition) is 3. The van der Waals surface area contributed by atoms with E-state index in [9.17, 15) is 9.59 Å². The van der Waals surface area contributed by atoms with Gasteiger partial charge in [-0.3, -0.25) is 9.59 Å². The smallest absolute Gasteiger partial charge is 0.302 e. The van der Waals surface area contributed by atoms with E-state index < -0.39 is 0 Å². The topological polar surface area (TPSA) is 43.4 Å². The quantitative estimate of drug-likeness (QED) is 0.694. The van der Waals surface area contributed by atoms with Gasteiger partial charge in [-0.25, -0.2) is 0 Å². The average molecular weight is 226 g/mol. The molecule has 3 atom stereocenters. The van der Waals surface area contributed by atoms with Crippen LogP contribution >= 0.6 is 0 Å². The Bertz CT molecular complexity index is 270. The number of ether oxygens (including phenoxy) is 1. The van der Waals surface area contributed by atoms with Crippen LogP contribution in [0.4, 0.5) is 0 Å². The molecule has 3 nitrogen and oxygen atoms in total. The largest absolute Gasteiger partial charge is 0.465 e. The zero-order valence-corrected chi connectivity index (χ0v) is 10.7. The molecule has 0 saturated heterocycles. The first-order valence-corrected chi connectivity index (χ1v) is 6.10. The van der Waals surface area contributed by atoms with Gasteiger partial charge in [-0.05, 0) is 24.7 Å². The van der Waals surface area contributed by atoms with Crippen LogP contribution in [0.2, 0.25) is 0 Å². The highest BCUT2D eigenvalue weighted by atomic mass is 16.5. The molecule has 0 radical (unpaired) electrons. The van der Waals surface area contributed by atoms with Crippen molar-refractivity contribution in [3.8, 4) is 0 Å². The highest BCUT2D eigenvalue weighted by Gasteiger charge is 2.37. The first-order valence-electron chi connectivity index (χ1n) is 6.10. The van der Waals surface area contributed by atoms with E-state index in [1.54, 1.807) is 0 Å². The number of Topliss-reactive ketones (excluding diaryl/α,β-unsaturated/α-hetero) is 1.